The highest BCUT2D eigenvalue weighted by Gasteiger charge is 2.48. The van der Waals surface area contributed by atoms with E-state index in [4.69, 9.17) is 4.74 Å². The first-order valence-corrected chi connectivity index (χ1v) is 11.1. The van der Waals surface area contributed by atoms with Crippen molar-refractivity contribution in [3.63, 3.8) is 0 Å². The van der Waals surface area contributed by atoms with Gasteiger partial charge < -0.3 is 15.4 Å². The van der Waals surface area contributed by atoms with Crippen molar-refractivity contribution in [2.24, 2.45) is 10.4 Å². The van der Waals surface area contributed by atoms with Gasteiger partial charge in [0.1, 0.15) is 0 Å². The third-order valence-corrected chi connectivity index (χ3v) is 7.83. The molecule has 1 saturated carbocycles. The lowest BCUT2D eigenvalue weighted by Crippen LogP contribution is -2.63. The highest BCUT2D eigenvalue weighted by molar-refractivity contribution is 14.0. The molecule has 2 atom stereocenters. The summed E-state index contributed by atoms with van der Waals surface area (Å²) in [6, 6.07) is 0.268. The normalized spacial score (nSPS) is 27.1. The van der Waals surface area contributed by atoms with E-state index in [1.165, 1.54) is 0 Å². The van der Waals surface area contributed by atoms with Crippen molar-refractivity contribution in [3.05, 3.63) is 0 Å². The molecule has 0 aromatic rings. The molecule has 148 valence electrons. The Morgan fingerprint density at radius 2 is 2.00 bits per heavy atom. The number of ether oxygens (including phenoxy) is 1. The number of sulfonamides is 1. The molecule has 2 unspecified atom stereocenters. The van der Waals surface area contributed by atoms with Gasteiger partial charge in [0.05, 0.1) is 11.9 Å². The van der Waals surface area contributed by atoms with Crippen molar-refractivity contribution < 1.29 is 13.2 Å². The number of nitrogens with one attached hydrogen (secondary N) is 2. The van der Waals surface area contributed by atoms with Crippen LogP contribution in [0.1, 0.15) is 20.3 Å². The highest BCUT2D eigenvalue weighted by atomic mass is 127. The number of hydrogen-bond acceptors (Lipinski definition) is 5. The van der Waals surface area contributed by atoms with Gasteiger partial charge >= 0.3 is 0 Å². The molecule has 2 aliphatic rings. The Balaban J connectivity index is 0.00000312. The summed E-state index contributed by atoms with van der Waals surface area (Å²) in [5.74, 6) is 2.50. The number of halogens is 1. The first-order chi connectivity index (χ1) is 11.3. The van der Waals surface area contributed by atoms with Crippen LogP contribution in [0.4, 0.5) is 0 Å². The third-order valence-electron chi connectivity index (χ3n) is 5.01. The fourth-order valence-corrected chi connectivity index (χ4v) is 5.63. The van der Waals surface area contributed by atoms with Crippen LogP contribution in [0, 0.1) is 5.41 Å². The van der Waals surface area contributed by atoms with Crippen LogP contribution < -0.4 is 10.6 Å². The van der Waals surface area contributed by atoms with Gasteiger partial charge in [-0.15, -0.1) is 24.0 Å². The van der Waals surface area contributed by atoms with Crippen LogP contribution in [0.3, 0.4) is 0 Å². The minimum atomic E-state index is -3.19. The summed E-state index contributed by atoms with van der Waals surface area (Å²) < 4.78 is 31.7. The van der Waals surface area contributed by atoms with E-state index in [0.717, 1.165) is 17.9 Å². The molecule has 0 amide bonds. The summed E-state index contributed by atoms with van der Waals surface area (Å²) >= 11 is 1.80. The molecule has 7 nitrogen and oxygen atoms in total. The molecular weight excluding hydrogens is 475 g/mol. The molecule has 2 fully saturated rings. The summed E-state index contributed by atoms with van der Waals surface area (Å²) in [7, 11) is 0.247. The second-order valence-electron chi connectivity index (χ2n) is 6.80. The number of nitrogens with zero attached hydrogens (tertiary/aromatic N) is 2. The Kier molecular flexibility index (Phi) is 9.26. The number of thioether (sulfide) groups is 1. The molecule has 0 aromatic carbocycles. The lowest BCUT2D eigenvalue weighted by atomic mass is 9.64. The average molecular weight is 506 g/mol. The Morgan fingerprint density at radius 3 is 2.52 bits per heavy atom. The maximum atomic E-state index is 12.3. The monoisotopic (exact) mass is 506 g/mol. The maximum Gasteiger partial charge on any atom is 0.215 e. The topological polar surface area (TPSA) is 83.0 Å². The summed E-state index contributed by atoms with van der Waals surface area (Å²) in [5, 5.41) is 6.49. The van der Waals surface area contributed by atoms with Crippen molar-refractivity contribution in [1.29, 1.82) is 0 Å². The lowest BCUT2D eigenvalue weighted by Gasteiger charge is -2.51. The van der Waals surface area contributed by atoms with Gasteiger partial charge in [-0.2, -0.15) is 11.8 Å². The van der Waals surface area contributed by atoms with E-state index in [1.54, 1.807) is 30.2 Å². The number of methoxy groups -OCH3 is 1. The molecule has 1 saturated heterocycles. The minimum Gasteiger partial charge on any atom is -0.381 e. The fourth-order valence-electron chi connectivity index (χ4n) is 3.14. The largest absolute Gasteiger partial charge is 0.381 e. The summed E-state index contributed by atoms with van der Waals surface area (Å²) in [6.45, 7) is 5.92. The average Bonchev–Trinajstić information content (AvgIpc) is 2.57. The van der Waals surface area contributed by atoms with E-state index in [9.17, 15) is 8.42 Å². The Labute approximate surface area is 173 Å². The zero-order chi connectivity index (χ0) is 17.8. The highest BCUT2D eigenvalue weighted by Crippen LogP contribution is 2.42. The van der Waals surface area contributed by atoms with E-state index >= 15 is 0 Å². The Bertz CT molecular complexity index is 551. The van der Waals surface area contributed by atoms with Crippen molar-refractivity contribution >= 4 is 51.7 Å². The third kappa shape index (κ3) is 5.85. The van der Waals surface area contributed by atoms with Crippen molar-refractivity contribution in [3.8, 4) is 0 Å². The molecule has 25 heavy (non-hydrogen) atoms. The zero-order valence-electron chi connectivity index (χ0n) is 15.4. The first-order valence-electron chi connectivity index (χ1n) is 8.37. The van der Waals surface area contributed by atoms with Gasteiger partial charge in [-0.05, 0) is 6.42 Å². The SMILES string of the molecule is CN=C(NCCS(=O)(=O)N1CCSCC1)NC1CC(OC)C1(C)C.I. The number of guanidine groups is 1. The van der Waals surface area contributed by atoms with E-state index in [-0.39, 0.29) is 47.3 Å². The van der Waals surface area contributed by atoms with Gasteiger partial charge in [-0.3, -0.25) is 4.99 Å². The van der Waals surface area contributed by atoms with E-state index in [0.29, 0.717) is 25.6 Å². The van der Waals surface area contributed by atoms with Crippen LogP contribution in [-0.4, -0.2) is 81.9 Å². The lowest BCUT2D eigenvalue weighted by molar-refractivity contribution is -0.0922. The van der Waals surface area contributed by atoms with E-state index < -0.39 is 10.0 Å². The molecule has 1 aliphatic heterocycles. The quantitative estimate of drug-likeness (QED) is 0.318. The van der Waals surface area contributed by atoms with Crippen LogP contribution >= 0.6 is 35.7 Å². The summed E-state index contributed by atoms with van der Waals surface area (Å²) in [5.41, 5.74) is 0.0317. The van der Waals surface area contributed by atoms with Gasteiger partial charge in [0.15, 0.2) is 5.96 Å². The van der Waals surface area contributed by atoms with Crippen LogP contribution in [0.25, 0.3) is 0 Å². The first kappa shape index (κ1) is 23.3. The predicted octanol–water partition coefficient (Wildman–Crippen LogP) is 0.962. The van der Waals surface area contributed by atoms with Gasteiger partial charge in [0.2, 0.25) is 10.0 Å². The molecular formula is C15H31IN4O3S2. The second-order valence-corrected chi connectivity index (χ2v) is 10.1. The second kappa shape index (κ2) is 9.95. The number of aliphatic imine (C=N–C) groups is 1. The fraction of sp³-hybridized carbons (Fsp3) is 0.933. The molecule has 1 aliphatic carbocycles. The Hall–Kier alpha value is 0.220. The van der Waals surface area contributed by atoms with Gasteiger partial charge in [0.25, 0.3) is 0 Å². The molecule has 0 radical (unpaired) electrons. The minimum absolute atomic E-state index is 0. The molecule has 2 rings (SSSR count). The molecule has 2 N–H and O–H groups in total. The van der Waals surface area contributed by atoms with Crippen molar-refractivity contribution in [2.45, 2.75) is 32.4 Å². The molecule has 0 bridgehead atoms. The summed E-state index contributed by atoms with van der Waals surface area (Å²) in [6.07, 6.45) is 1.17. The van der Waals surface area contributed by atoms with Gasteiger partial charge in [-0.25, -0.2) is 12.7 Å². The molecule has 1 heterocycles. The molecule has 10 heteroatoms. The molecule has 0 aromatic heterocycles. The molecule has 0 spiro atoms. The predicted molar refractivity (Wildman–Crippen MR) is 116 cm³/mol. The van der Waals surface area contributed by atoms with Crippen LogP contribution in [-0.2, 0) is 14.8 Å². The van der Waals surface area contributed by atoms with Crippen LogP contribution in [0.15, 0.2) is 4.99 Å². The smallest absolute Gasteiger partial charge is 0.215 e. The van der Waals surface area contributed by atoms with Crippen LogP contribution in [0.5, 0.6) is 0 Å². The number of hydrogen-bond donors (Lipinski definition) is 2. The Morgan fingerprint density at radius 1 is 1.36 bits per heavy atom. The van der Waals surface area contributed by atoms with Gasteiger partial charge in [-0.1, -0.05) is 13.8 Å². The van der Waals surface area contributed by atoms with Crippen molar-refractivity contribution in [2.75, 3.05) is 51.1 Å². The maximum absolute atomic E-state index is 12.3. The standard InChI is InChI=1S/C15H30N4O3S2.HI/c1-15(2)12(11-13(15)22-4)18-14(16-3)17-5-10-24(20,21)19-6-8-23-9-7-19;/h12-13H,5-11H2,1-4H3,(H2,16,17,18);1H. The zero-order valence-corrected chi connectivity index (χ0v) is 19.4. The van der Waals surface area contributed by atoms with Gasteiger partial charge in [0, 0.05) is 56.8 Å². The summed E-state index contributed by atoms with van der Waals surface area (Å²) in [4.78, 5) is 4.20. The van der Waals surface area contributed by atoms with E-state index in [1.807, 2.05) is 0 Å². The van der Waals surface area contributed by atoms with E-state index in [2.05, 4.69) is 29.5 Å². The number of rotatable bonds is 6. The van der Waals surface area contributed by atoms with Crippen LogP contribution in [0.2, 0.25) is 0 Å². The van der Waals surface area contributed by atoms with Crippen molar-refractivity contribution in [1.82, 2.24) is 14.9 Å².